The third kappa shape index (κ3) is 4.85. The zero-order valence-corrected chi connectivity index (χ0v) is 14.4. The van der Waals surface area contributed by atoms with Gasteiger partial charge in [-0.25, -0.2) is 8.42 Å². The van der Waals surface area contributed by atoms with Crippen LogP contribution in [-0.2, 0) is 14.8 Å². The average Bonchev–Trinajstić information content (AvgIpc) is 2.55. The van der Waals surface area contributed by atoms with Gasteiger partial charge in [0.05, 0.1) is 15.9 Å². The van der Waals surface area contributed by atoms with Crippen LogP contribution in [0.15, 0.2) is 53.4 Å². The Bertz CT molecular complexity index is 894. The molecule has 0 saturated heterocycles. The maximum Gasteiger partial charge on any atom is 0.271 e. The first-order valence-corrected chi connectivity index (χ1v) is 8.82. The molecule has 0 bridgehead atoms. The highest BCUT2D eigenvalue weighted by atomic mass is 32.2. The molecule has 25 heavy (non-hydrogen) atoms. The summed E-state index contributed by atoms with van der Waals surface area (Å²) in [6, 6.07) is 10.5. The fourth-order valence-electron chi connectivity index (χ4n) is 2.02. The number of nitro benzene ring substituents is 1. The molecule has 2 aromatic rings. The van der Waals surface area contributed by atoms with E-state index in [0.717, 1.165) is 5.56 Å². The number of carbonyl (C=O) groups is 1. The van der Waals surface area contributed by atoms with Crippen molar-refractivity contribution in [2.45, 2.75) is 24.8 Å². The Kier molecular flexibility index (Phi) is 5.50. The molecule has 0 aromatic heterocycles. The summed E-state index contributed by atoms with van der Waals surface area (Å²) in [5.74, 6) is -0.629. The Labute approximate surface area is 145 Å². The normalized spacial score (nSPS) is 12.4. The molecule has 2 rings (SSSR count). The van der Waals surface area contributed by atoms with Gasteiger partial charge in [-0.3, -0.25) is 14.9 Å². The molecule has 132 valence electrons. The monoisotopic (exact) mass is 363 g/mol. The van der Waals surface area contributed by atoms with Crippen LogP contribution in [-0.4, -0.2) is 25.3 Å². The zero-order valence-electron chi connectivity index (χ0n) is 13.6. The van der Waals surface area contributed by atoms with Crippen molar-refractivity contribution >= 4 is 27.3 Å². The highest BCUT2D eigenvalue weighted by Crippen LogP contribution is 2.17. The molecule has 9 heteroatoms. The van der Waals surface area contributed by atoms with Gasteiger partial charge in [-0.05, 0) is 32.0 Å². The Morgan fingerprint density at radius 1 is 1.16 bits per heavy atom. The molecule has 0 fully saturated rings. The summed E-state index contributed by atoms with van der Waals surface area (Å²) in [7, 11) is -3.85. The zero-order chi connectivity index (χ0) is 18.6. The summed E-state index contributed by atoms with van der Waals surface area (Å²) in [6.45, 7) is 3.22. The molecule has 0 unspecified atom stereocenters. The lowest BCUT2D eigenvalue weighted by atomic mass is 10.2. The Morgan fingerprint density at radius 2 is 1.80 bits per heavy atom. The van der Waals surface area contributed by atoms with E-state index < -0.39 is 26.9 Å². The van der Waals surface area contributed by atoms with Crippen molar-refractivity contribution in [1.29, 1.82) is 0 Å². The molecule has 0 spiro atoms. The van der Waals surface area contributed by atoms with E-state index in [1.807, 2.05) is 6.92 Å². The van der Waals surface area contributed by atoms with E-state index >= 15 is 0 Å². The number of rotatable bonds is 6. The molecule has 0 heterocycles. The van der Waals surface area contributed by atoms with E-state index in [9.17, 15) is 23.3 Å². The maximum atomic E-state index is 12.3. The van der Waals surface area contributed by atoms with Crippen LogP contribution in [0, 0.1) is 17.0 Å². The third-order valence-corrected chi connectivity index (χ3v) is 4.94. The van der Waals surface area contributed by atoms with Gasteiger partial charge in [0, 0.05) is 17.8 Å². The fraction of sp³-hybridized carbons (Fsp3) is 0.188. The summed E-state index contributed by atoms with van der Waals surface area (Å²) in [6.07, 6.45) is 0. The SMILES string of the molecule is Cc1ccc(S(=O)(=O)N[C@H](C)C(=O)Nc2cccc([N+](=O)[O-])c2)cc1. The van der Waals surface area contributed by atoms with Crippen molar-refractivity contribution in [3.63, 3.8) is 0 Å². The molecule has 2 aromatic carbocycles. The number of aryl methyl sites for hydroxylation is 1. The first-order valence-electron chi connectivity index (χ1n) is 7.33. The predicted octanol–water partition coefficient (Wildman–Crippen LogP) is 2.21. The molecule has 1 amide bonds. The van der Waals surface area contributed by atoms with Gasteiger partial charge in [0.15, 0.2) is 0 Å². The number of amides is 1. The van der Waals surface area contributed by atoms with Crippen molar-refractivity contribution in [3.8, 4) is 0 Å². The topological polar surface area (TPSA) is 118 Å². The maximum absolute atomic E-state index is 12.3. The van der Waals surface area contributed by atoms with Crippen LogP contribution >= 0.6 is 0 Å². The number of carbonyl (C=O) groups excluding carboxylic acids is 1. The number of sulfonamides is 1. The molecule has 1 atom stereocenters. The summed E-state index contributed by atoms with van der Waals surface area (Å²) < 4.78 is 26.8. The minimum absolute atomic E-state index is 0.0492. The molecule has 0 aliphatic rings. The molecular weight excluding hydrogens is 346 g/mol. The predicted molar refractivity (Wildman–Crippen MR) is 92.7 cm³/mol. The quantitative estimate of drug-likeness (QED) is 0.602. The van der Waals surface area contributed by atoms with Crippen LogP contribution in [0.1, 0.15) is 12.5 Å². The van der Waals surface area contributed by atoms with Crippen LogP contribution in [0.5, 0.6) is 0 Å². The summed E-state index contributed by atoms with van der Waals surface area (Å²) in [4.78, 5) is 22.4. The van der Waals surface area contributed by atoms with Crippen LogP contribution in [0.4, 0.5) is 11.4 Å². The van der Waals surface area contributed by atoms with Crippen molar-refractivity contribution in [2.75, 3.05) is 5.32 Å². The van der Waals surface area contributed by atoms with Crippen LogP contribution in [0.3, 0.4) is 0 Å². The van der Waals surface area contributed by atoms with E-state index in [1.54, 1.807) is 12.1 Å². The third-order valence-electron chi connectivity index (χ3n) is 3.38. The van der Waals surface area contributed by atoms with Crippen molar-refractivity contribution < 1.29 is 18.1 Å². The number of anilines is 1. The number of nitrogens with zero attached hydrogens (tertiary/aromatic N) is 1. The Hall–Kier alpha value is -2.78. The van der Waals surface area contributed by atoms with Crippen molar-refractivity contribution in [2.24, 2.45) is 0 Å². The summed E-state index contributed by atoms with van der Waals surface area (Å²) in [5, 5.41) is 13.2. The van der Waals surface area contributed by atoms with E-state index in [0.29, 0.717) is 0 Å². The number of hydrogen-bond acceptors (Lipinski definition) is 5. The molecule has 8 nitrogen and oxygen atoms in total. The summed E-state index contributed by atoms with van der Waals surface area (Å²) in [5.41, 5.74) is 0.946. The summed E-state index contributed by atoms with van der Waals surface area (Å²) >= 11 is 0. The van der Waals surface area contributed by atoms with E-state index in [1.165, 1.54) is 43.3 Å². The highest BCUT2D eigenvalue weighted by Gasteiger charge is 2.22. The van der Waals surface area contributed by atoms with Gasteiger partial charge in [0.1, 0.15) is 0 Å². The van der Waals surface area contributed by atoms with Gasteiger partial charge >= 0.3 is 0 Å². The van der Waals surface area contributed by atoms with Crippen molar-refractivity contribution in [1.82, 2.24) is 4.72 Å². The number of hydrogen-bond donors (Lipinski definition) is 2. The second-order valence-corrected chi connectivity index (χ2v) is 7.17. The highest BCUT2D eigenvalue weighted by molar-refractivity contribution is 7.89. The molecule has 0 radical (unpaired) electrons. The smallest absolute Gasteiger partial charge is 0.271 e. The Morgan fingerprint density at radius 3 is 2.40 bits per heavy atom. The molecule has 0 aliphatic carbocycles. The van der Waals surface area contributed by atoms with Crippen LogP contribution < -0.4 is 10.0 Å². The lowest BCUT2D eigenvalue weighted by Crippen LogP contribution is -2.41. The lowest BCUT2D eigenvalue weighted by molar-refractivity contribution is -0.384. The van der Waals surface area contributed by atoms with Crippen molar-refractivity contribution in [3.05, 3.63) is 64.2 Å². The minimum Gasteiger partial charge on any atom is -0.324 e. The van der Waals surface area contributed by atoms with Gasteiger partial charge in [0.25, 0.3) is 5.69 Å². The number of nitrogens with one attached hydrogen (secondary N) is 2. The van der Waals surface area contributed by atoms with Gasteiger partial charge < -0.3 is 5.32 Å². The van der Waals surface area contributed by atoms with Crippen LogP contribution in [0.2, 0.25) is 0 Å². The average molecular weight is 363 g/mol. The molecule has 0 saturated carbocycles. The second-order valence-electron chi connectivity index (χ2n) is 5.45. The first kappa shape index (κ1) is 18.6. The van der Waals surface area contributed by atoms with Crippen LogP contribution in [0.25, 0.3) is 0 Å². The molecule has 2 N–H and O–H groups in total. The number of benzene rings is 2. The van der Waals surface area contributed by atoms with Gasteiger partial charge in [-0.15, -0.1) is 0 Å². The van der Waals surface area contributed by atoms with E-state index in [2.05, 4.69) is 10.0 Å². The second kappa shape index (κ2) is 7.41. The number of non-ortho nitro benzene ring substituents is 1. The Balaban J connectivity index is 2.08. The van der Waals surface area contributed by atoms with E-state index in [4.69, 9.17) is 0 Å². The first-order chi connectivity index (χ1) is 11.7. The lowest BCUT2D eigenvalue weighted by Gasteiger charge is -2.14. The number of nitro groups is 1. The van der Waals surface area contributed by atoms with E-state index in [-0.39, 0.29) is 16.3 Å². The van der Waals surface area contributed by atoms with Gasteiger partial charge in [-0.1, -0.05) is 23.8 Å². The molecular formula is C16H17N3O5S. The standard InChI is InChI=1S/C16H17N3O5S/c1-11-6-8-15(9-7-11)25(23,24)18-12(2)16(20)17-13-4-3-5-14(10-13)19(21)22/h3-10,12,18H,1-2H3,(H,17,20)/t12-/m1/s1. The van der Waals surface area contributed by atoms with Gasteiger partial charge in [0.2, 0.25) is 15.9 Å². The van der Waals surface area contributed by atoms with Gasteiger partial charge in [-0.2, -0.15) is 4.72 Å². The molecule has 0 aliphatic heterocycles. The minimum atomic E-state index is -3.85. The largest absolute Gasteiger partial charge is 0.324 e. The fourth-order valence-corrected chi connectivity index (χ4v) is 3.22.